The van der Waals surface area contributed by atoms with E-state index in [1.807, 2.05) is 0 Å². The number of carbonyl (C=O) groups excluding carboxylic acids is 2. The molecule has 0 unspecified atom stereocenters. The predicted octanol–water partition coefficient (Wildman–Crippen LogP) is 3.37. The standard InChI is InChI=1S/2C18H15P.C2H2O4.Pt/c2*1-4-10-16(11-5-1)19(17-12-6-2-7-13-17)18-14-8-3-9-15-18;3-1(4)2(5)6;/h2*1-15H;(H,3,4)(H,5,6);/q;;;+2/p-2. The Balaban J connectivity index is 0.000000205. The predicted molar refractivity (Wildman–Crippen MR) is 180 cm³/mol. The van der Waals surface area contributed by atoms with Crippen LogP contribution in [0.3, 0.4) is 0 Å². The maximum absolute atomic E-state index is 8.93. The number of benzene rings is 6. The molecule has 0 aliphatic heterocycles. The molecular weight excluding hydrogens is 777 g/mol. The van der Waals surface area contributed by atoms with Gasteiger partial charge in [-0.05, 0) is 47.7 Å². The molecule has 0 saturated heterocycles. The molecule has 0 aliphatic rings. The Morgan fingerprint density at radius 1 is 0.311 bits per heavy atom. The van der Waals surface area contributed by atoms with Crippen molar-refractivity contribution in [1.29, 1.82) is 0 Å². The summed E-state index contributed by atoms with van der Waals surface area (Å²) < 4.78 is 0. The quantitative estimate of drug-likeness (QED) is 0.191. The first kappa shape index (κ1) is 35.3. The van der Waals surface area contributed by atoms with Crippen molar-refractivity contribution >= 4 is 59.6 Å². The van der Waals surface area contributed by atoms with Crippen molar-refractivity contribution in [1.82, 2.24) is 0 Å². The first-order valence-electron chi connectivity index (χ1n) is 13.9. The summed E-state index contributed by atoms with van der Waals surface area (Å²) in [5.41, 5.74) is 0. The molecule has 6 rings (SSSR count). The van der Waals surface area contributed by atoms with E-state index in [9.17, 15) is 0 Å². The van der Waals surface area contributed by atoms with Crippen LogP contribution in [0.5, 0.6) is 0 Å². The van der Waals surface area contributed by atoms with Crippen LogP contribution in [0.2, 0.25) is 0 Å². The SMILES string of the molecule is O=C([O-])C(=O)[O-].[Pt+2].c1ccc(P(c2ccccc2)c2ccccc2)cc1.c1ccc(P(c2ccccc2)c2ccccc2)cc1. The summed E-state index contributed by atoms with van der Waals surface area (Å²) in [5.74, 6) is -4.37. The molecule has 6 aromatic carbocycles. The Hall–Kier alpha value is -4.19. The van der Waals surface area contributed by atoms with Gasteiger partial charge in [-0.25, -0.2) is 0 Å². The smallest absolute Gasteiger partial charge is 0.543 e. The first-order chi connectivity index (χ1) is 21.5. The zero-order valence-corrected chi connectivity index (χ0v) is 28.2. The molecule has 0 heterocycles. The third-order valence-electron chi connectivity index (χ3n) is 6.25. The zero-order valence-electron chi connectivity index (χ0n) is 24.2. The second-order valence-corrected chi connectivity index (χ2v) is 13.7. The maximum atomic E-state index is 8.93. The van der Waals surface area contributed by atoms with E-state index in [-0.39, 0.29) is 21.1 Å². The summed E-state index contributed by atoms with van der Waals surface area (Å²) in [6.07, 6.45) is 0. The number of hydrogen-bond donors (Lipinski definition) is 0. The third kappa shape index (κ3) is 11.0. The first-order valence-corrected chi connectivity index (χ1v) is 16.6. The van der Waals surface area contributed by atoms with Crippen molar-refractivity contribution in [2.75, 3.05) is 0 Å². The van der Waals surface area contributed by atoms with Gasteiger partial charge in [-0.3, -0.25) is 0 Å². The number of aliphatic carboxylic acids is 2. The molecule has 0 atom stereocenters. The van der Waals surface area contributed by atoms with E-state index in [0.717, 1.165) is 0 Å². The molecule has 7 heteroatoms. The number of hydrogen-bond acceptors (Lipinski definition) is 4. The Morgan fingerprint density at radius 3 is 0.556 bits per heavy atom. The van der Waals surface area contributed by atoms with Crippen LogP contribution < -0.4 is 42.0 Å². The largest absolute Gasteiger partial charge is 2.00 e. The van der Waals surface area contributed by atoms with E-state index in [1.165, 1.54) is 31.8 Å². The zero-order chi connectivity index (χ0) is 31.0. The Labute approximate surface area is 281 Å². The molecule has 226 valence electrons. The van der Waals surface area contributed by atoms with Crippen LogP contribution in [0.1, 0.15) is 0 Å². The fourth-order valence-corrected chi connectivity index (χ4v) is 8.97. The summed E-state index contributed by atoms with van der Waals surface area (Å²) in [7, 11) is -0.892. The molecule has 0 bridgehead atoms. The van der Waals surface area contributed by atoms with E-state index in [0.29, 0.717) is 0 Å². The molecule has 0 aliphatic carbocycles. The summed E-state index contributed by atoms with van der Waals surface area (Å²) in [6.45, 7) is 0. The molecule has 0 amide bonds. The van der Waals surface area contributed by atoms with Gasteiger partial charge < -0.3 is 19.8 Å². The second kappa shape index (κ2) is 19.2. The van der Waals surface area contributed by atoms with Crippen molar-refractivity contribution in [3.05, 3.63) is 182 Å². The molecule has 0 aromatic heterocycles. The van der Waals surface area contributed by atoms with Gasteiger partial charge in [0.15, 0.2) is 0 Å². The average Bonchev–Trinajstić information content (AvgIpc) is 3.09. The van der Waals surface area contributed by atoms with Gasteiger partial charge in [0.2, 0.25) is 0 Å². The normalized spacial score (nSPS) is 9.91. The molecule has 0 fully saturated rings. The summed E-state index contributed by atoms with van der Waals surface area (Å²) in [5, 5.41) is 26.2. The van der Waals surface area contributed by atoms with Crippen LogP contribution in [-0.4, -0.2) is 11.9 Å². The van der Waals surface area contributed by atoms with Crippen molar-refractivity contribution < 1.29 is 40.9 Å². The molecule has 0 spiro atoms. The van der Waals surface area contributed by atoms with E-state index >= 15 is 0 Å². The van der Waals surface area contributed by atoms with Gasteiger partial charge in [0, 0.05) is 0 Å². The minimum atomic E-state index is -2.19. The topological polar surface area (TPSA) is 80.3 Å². The van der Waals surface area contributed by atoms with E-state index < -0.39 is 27.8 Å². The van der Waals surface area contributed by atoms with Gasteiger partial charge in [-0.1, -0.05) is 182 Å². The molecule has 45 heavy (non-hydrogen) atoms. The third-order valence-corrected chi connectivity index (χ3v) is 11.1. The molecule has 0 radical (unpaired) electrons. The Morgan fingerprint density at radius 2 is 0.444 bits per heavy atom. The van der Waals surface area contributed by atoms with Gasteiger partial charge in [0.25, 0.3) is 0 Å². The summed E-state index contributed by atoms with van der Waals surface area (Å²) >= 11 is 0. The molecule has 0 N–H and O–H groups in total. The fraction of sp³-hybridized carbons (Fsp3) is 0. The summed E-state index contributed by atoms with van der Waals surface area (Å²) in [6, 6.07) is 64.7. The van der Waals surface area contributed by atoms with Crippen molar-refractivity contribution in [2.45, 2.75) is 0 Å². The van der Waals surface area contributed by atoms with E-state index in [1.54, 1.807) is 0 Å². The Kier molecular flexibility index (Phi) is 15.1. The number of rotatable bonds is 6. The van der Waals surface area contributed by atoms with Crippen LogP contribution in [0.25, 0.3) is 0 Å². The van der Waals surface area contributed by atoms with Crippen molar-refractivity contribution in [3.63, 3.8) is 0 Å². The monoisotopic (exact) mass is 807 g/mol. The minimum absolute atomic E-state index is 0. The van der Waals surface area contributed by atoms with Crippen LogP contribution >= 0.6 is 15.8 Å². The van der Waals surface area contributed by atoms with Gasteiger partial charge in [-0.15, -0.1) is 0 Å². The van der Waals surface area contributed by atoms with Crippen molar-refractivity contribution in [2.24, 2.45) is 0 Å². The van der Waals surface area contributed by atoms with Gasteiger partial charge in [0.05, 0.1) is 11.9 Å². The average molecular weight is 808 g/mol. The fourth-order valence-electron chi connectivity index (χ4n) is 4.36. The molecule has 6 aromatic rings. The molecule has 0 saturated carbocycles. The van der Waals surface area contributed by atoms with E-state index in [4.69, 9.17) is 19.8 Å². The number of carboxylic acids is 2. The number of carboxylic acid groups (broad SMARTS) is 2. The Bertz CT molecular complexity index is 1370. The van der Waals surface area contributed by atoms with Crippen molar-refractivity contribution in [3.8, 4) is 0 Å². The molecular formula is C38H30O4P2Pt. The maximum Gasteiger partial charge on any atom is 2.00 e. The van der Waals surface area contributed by atoms with Crippen LogP contribution in [-0.2, 0) is 30.7 Å². The molecule has 4 nitrogen and oxygen atoms in total. The van der Waals surface area contributed by atoms with Crippen LogP contribution in [0.15, 0.2) is 182 Å². The van der Waals surface area contributed by atoms with E-state index in [2.05, 4.69) is 182 Å². The van der Waals surface area contributed by atoms with Gasteiger partial charge >= 0.3 is 21.1 Å². The minimum Gasteiger partial charge on any atom is -0.543 e. The summed E-state index contributed by atoms with van der Waals surface area (Å²) in [4.78, 5) is 17.9. The number of carbonyl (C=O) groups is 2. The van der Waals surface area contributed by atoms with Crippen LogP contribution in [0, 0.1) is 0 Å². The van der Waals surface area contributed by atoms with Crippen LogP contribution in [0.4, 0.5) is 0 Å². The van der Waals surface area contributed by atoms with Gasteiger partial charge in [-0.2, -0.15) is 0 Å². The second-order valence-electron chi connectivity index (χ2n) is 9.26. The van der Waals surface area contributed by atoms with Gasteiger partial charge in [0.1, 0.15) is 0 Å².